The second-order valence-electron chi connectivity index (χ2n) is 5.73. The molecule has 0 spiro atoms. The molecule has 106 valence electrons. The third-order valence-corrected chi connectivity index (χ3v) is 4.81. The summed E-state index contributed by atoms with van der Waals surface area (Å²) >= 11 is 2.00. The highest BCUT2D eigenvalue weighted by atomic mass is 32.2. The summed E-state index contributed by atoms with van der Waals surface area (Å²) in [6, 6.07) is 0. The minimum absolute atomic E-state index is 0.178. The molecule has 2 atom stereocenters. The van der Waals surface area contributed by atoms with Crippen LogP contribution in [-0.2, 0) is 4.79 Å². The minimum atomic E-state index is 0.178. The fourth-order valence-electron chi connectivity index (χ4n) is 2.46. The molecule has 1 rings (SSSR count). The number of nitrogens with one attached hydrogen (secondary N) is 1. The Morgan fingerprint density at radius 2 is 2.22 bits per heavy atom. The molecule has 1 heterocycles. The number of rotatable bonds is 7. The van der Waals surface area contributed by atoms with Gasteiger partial charge in [-0.2, -0.15) is 11.8 Å². The van der Waals surface area contributed by atoms with Crippen molar-refractivity contribution >= 4 is 17.7 Å². The summed E-state index contributed by atoms with van der Waals surface area (Å²) in [7, 11) is 0. The van der Waals surface area contributed by atoms with Crippen LogP contribution in [0.15, 0.2) is 0 Å². The van der Waals surface area contributed by atoms with Crippen molar-refractivity contribution in [3.8, 4) is 0 Å². The van der Waals surface area contributed by atoms with Crippen LogP contribution in [0.2, 0.25) is 0 Å². The highest BCUT2D eigenvalue weighted by Gasteiger charge is 2.17. The van der Waals surface area contributed by atoms with Gasteiger partial charge in [0.2, 0.25) is 5.91 Å². The van der Waals surface area contributed by atoms with Gasteiger partial charge < -0.3 is 11.1 Å². The molecule has 1 aliphatic heterocycles. The molecule has 0 aromatic heterocycles. The van der Waals surface area contributed by atoms with E-state index in [1.54, 1.807) is 0 Å². The van der Waals surface area contributed by atoms with Gasteiger partial charge in [-0.1, -0.05) is 20.3 Å². The Hall–Kier alpha value is -0.220. The first-order valence-electron chi connectivity index (χ1n) is 7.20. The van der Waals surface area contributed by atoms with Gasteiger partial charge in [0.15, 0.2) is 0 Å². The average molecular weight is 272 g/mol. The number of nitrogens with two attached hydrogens (primary N) is 1. The molecule has 3 nitrogen and oxygen atoms in total. The highest BCUT2D eigenvalue weighted by molar-refractivity contribution is 7.99. The van der Waals surface area contributed by atoms with E-state index in [0.717, 1.165) is 13.0 Å². The molecule has 1 fully saturated rings. The topological polar surface area (TPSA) is 55.1 Å². The van der Waals surface area contributed by atoms with Gasteiger partial charge in [-0.25, -0.2) is 0 Å². The summed E-state index contributed by atoms with van der Waals surface area (Å²) in [5.74, 6) is 2.38. The van der Waals surface area contributed by atoms with Crippen LogP contribution in [0.5, 0.6) is 0 Å². The monoisotopic (exact) mass is 272 g/mol. The van der Waals surface area contributed by atoms with Gasteiger partial charge in [-0.05, 0) is 43.4 Å². The molecule has 1 aliphatic rings. The van der Waals surface area contributed by atoms with Crippen LogP contribution in [-0.4, -0.2) is 30.0 Å². The van der Waals surface area contributed by atoms with Gasteiger partial charge in [-0.15, -0.1) is 0 Å². The summed E-state index contributed by atoms with van der Waals surface area (Å²) in [4.78, 5) is 11.9. The first-order valence-corrected chi connectivity index (χ1v) is 8.25. The van der Waals surface area contributed by atoms with Crippen molar-refractivity contribution in [2.24, 2.45) is 17.6 Å². The van der Waals surface area contributed by atoms with E-state index < -0.39 is 0 Å². The lowest BCUT2D eigenvalue weighted by atomic mass is 9.94. The maximum atomic E-state index is 11.9. The van der Waals surface area contributed by atoms with E-state index in [1.807, 2.05) is 11.8 Å². The summed E-state index contributed by atoms with van der Waals surface area (Å²) in [5.41, 5.74) is 5.72. The first-order chi connectivity index (χ1) is 8.61. The zero-order valence-electron chi connectivity index (χ0n) is 11.8. The van der Waals surface area contributed by atoms with E-state index in [0.29, 0.717) is 30.1 Å². The van der Waals surface area contributed by atoms with Crippen molar-refractivity contribution in [1.82, 2.24) is 5.32 Å². The molecule has 0 aromatic rings. The fourth-order valence-corrected chi connectivity index (χ4v) is 3.70. The number of carbonyl (C=O) groups is 1. The van der Waals surface area contributed by atoms with Crippen LogP contribution in [0.25, 0.3) is 0 Å². The first kappa shape index (κ1) is 15.8. The van der Waals surface area contributed by atoms with Crippen LogP contribution in [0.4, 0.5) is 0 Å². The lowest BCUT2D eigenvalue weighted by Crippen LogP contribution is -2.34. The van der Waals surface area contributed by atoms with Gasteiger partial charge in [0, 0.05) is 18.2 Å². The number of carbonyl (C=O) groups excluding carboxylic acids is 1. The highest BCUT2D eigenvalue weighted by Crippen LogP contribution is 2.24. The van der Waals surface area contributed by atoms with Crippen molar-refractivity contribution < 1.29 is 4.79 Å². The molecular formula is C14H28N2OS. The molecule has 0 radical (unpaired) electrons. The lowest BCUT2D eigenvalue weighted by Gasteiger charge is -2.22. The van der Waals surface area contributed by atoms with Crippen LogP contribution < -0.4 is 11.1 Å². The van der Waals surface area contributed by atoms with Crippen LogP contribution in [0, 0.1) is 11.8 Å². The average Bonchev–Trinajstić information content (AvgIpc) is 2.36. The van der Waals surface area contributed by atoms with Gasteiger partial charge >= 0.3 is 0 Å². The summed E-state index contributed by atoms with van der Waals surface area (Å²) < 4.78 is 0. The van der Waals surface area contributed by atoms with E-state index >= 15 is 0 Å². The van der Waals surface area contributed by atoms with Gasteiger partial charge in [0.05, 0.1) is 0 Å². The minimum Gasteiger partial charge on any atom is -0.355 e. The number of hydrogen-bond donors (Lipinski definition) is 2. The number of thioether (sulfide) groups is 1. The quantitative estimate of drug-likeness (QED) is 0.748. The van der Waals surface area contributed by atoms with E-state index in [4.69, 9.17) is 5.73 Å². The lowest BCUT2D eigenvalue weighted by molar-refractivity contribution is -0.122. The van der Waals surface area contributed by atoms with E-state index in [-0.39, 0.29) is 5.91 Å². The normalized spacial score (nSPS) is 21.9. The molecule has 0 saturated carbocycles. The SMILES string of the molecule is CC(C)C[C@H](CN)CC(=O)NCC1CCCCS1. The molecule has 1 unspecified atom stereocenters. The summed E-state index contributed by atoms with van der Waals surface area (Å²) in [6.45, 7) is 5.81. The second-order valence-corrected chi connectivity index (χ2v) is 7.14. The zero-order chi connectivity index (χ0) is 13.4. The molecular weight excluding hydrogens is 244 g/mol. The molecule has 0 aliphatic carbocycles. The Morgan fingerprint density at radius 1 is 1.44 bits per heavy atom. The van der Waals surface area contributed by atoms with Crippen LogP contribution in [0.1, 0.15) is 46.0 Å². The Morgan fingerprint density at radius 3 is 2.78 bits per heavy atom. The molecule has 1 saturated heterocycles. The third kappa shape index (κ3) is 6.64. The van der Waals surface area contributed by atoms with Crippen molar-refractivity contribution in [2.75, 3.05) is 18.8 Å². The van der Waals surface area contributed by atoms with Crippen LogP contribution in [0.3, 0.4) is 0 Å². The van der Waals surface area contributed by atoms with E-state index in [2.05, 4.69) is 19.2 Å². The fraction of sp³-hybridized carbons (Fsp3) is 0.929. The second kappa shape index (κ2) is 8.81. The van der Waals surface area contributed by atoms with Crippen molar-refractivity contribution in [2.45, 2.75) is 51.2 Å². The van der Waals surface area contributed by atoms with Gasteiger partial charge in [-0.3, -0.25) is 4.79 Å². The Kier molecular flexibility index (Phi) is 7.75. The van der Waals surface area contributed by atoms with Gasteiger partial charge in [0.25, 0.3) is 0 Å². The van der Waals surface area contributed by atoms with E-state index in [1.165, 1.54) is 25.0 Å². The number of hydrogen-bond acceptors (Lipinski definition) is 3. The molecule has 4 heteroatoms. The summed E-state index contributed by atoms with van der Waals surface area (Å²) in [6.07, 6.45) is 5.52. The Balaban J connectivity index is 2.18. The Labute approximate surface area is 116 Å². The molecule has 18 heavy (non-hydrogen) atoms. The molecule has 1 amide bonds. The third-order valence-electron chi connectivity index (χ3n) is 3.41. The van der Waals surface area contributed by atoms with E-state index in [9.17, 15) is 4.79 Å². The molecule has 0 aromatic carbocycles. The summed E-state index contributed by atoms with van der Waals surface area (Å²) in [5, 5.41) is 3.70. The maximum absolute atomic E-state index is 11.9. The van der Waals surface area contributed by atoms with Crippen molar-refractivity contribution in [3.05, 3.63) is 0 Å². The molecule has 0 bridgehead atoms. The standard InChI is InChI=1S/C14H28N2OS/c1-11(2)7-12(9-15)8-14(17)16-10-13-5-3-4-6-18-13/h11-13H,3-10,15H2,1-2H3,(H,16,17)/t12-,13?/m0/s1. The predicted octanol–water partition coefficient (Wildman–Crippen LogP) is 2.40. The predicted molar refractivity (Wildman–Crippen MR) is 79.7 cm³/mol. The smallest absolute Gasteiger partial charge is 0.220 e. The van der Waals surface area contributed by atoms with Crippen LogP contribution >= 0.6 is 11.8 Å². The number of amides is 1. The van der Waals surface area contributed by atoms with Gasteiger partial charge in [0.1, 0.15) is 0 Å². The Bertz CT molecular complexity index is 240. The largest absolute Gasteiger partial charge is 0.355 e. The zero-order valence-corrected chi connectivity index (χ0v) is 12.6. The molecule has 3 N–H and O–H groups in total. The van der Waals surface area contributed by atoms with Crippen molar-refractivity contribution in [3.63, 3.8) is 0 Å². The maximum Gasteiger partial charge on any atom is 0.220 e. The van der Waals surface area contributed by atoms with Crippen molar-refractivity contribution in [1.29, 1.82) is 0 Å².